The van der Waals surface area contributed by atoms with Crippen molar-refractivity contribution in [1.29, 1.82) is 0 Å². The van der Waals surface area contributed by atoms with Crippen LogP contribution in [0.15, 0.2) is 89.8 Å². The van der Waals surface area contributed by atoms with Crippen LogP contribution in [-0.4, -0.2) is 54.0 Å². The molecule has 10 heteroatoms. The predicted octanol–water partition coefficient (Wildman–Crippen LogP) is 4.76. The highest BCUT2D eigenvalue weighted by Gasteiger charge is 2.34. The Kier molecular flexibility index (Phi) is 10.5. The summed E-state index contributed by atoms with van der Waals surface area (Å²) in [5.41, 5.74) is 1.79. The summed E-state index contributed by atoms with van der Waals surface area (Å²) in [4.78, 5) is 17.5. The minimum atomic E-state index is -4.19. The molecule has 2 atom stereocenters. The van der Waals surface area contributed by atoms with Crippen LogP contribution in [0.5, 0.6) is 5.75 Å². The summed E-state index contributed by atoms with van der Waals surface area (Å²) in [5.74, 6) is 0.510. The molecule has 40 heavy (non-hydrogen) atoms. The van der Waals surface area contributed by atoms with E-state index in [2.05, 4.69) is 5.32 Å². The Hall–Kier alpha value is -3.44. The highest BCUT2D eigenvalue weighted by molar-refractivity contribution is 7.89. The molecule has 9 nitrogen and oxygen atoms in total. The largest absolute Gasteiger partial charge is 0.489 e. The maximum absolute atomic E-state index is 13.7. The third-order valence-electron chi connectivity index (χ3n) is 6.86. The van der Waals surface area contributed by atoms with Crippen LogP contribution in [0.1, 0.15) is 43.2 Å². The summed E-state index contributed by atoms with van der Waals surface area (Å²) in [6, 6.07) is 23.8. The molecule has 1 aliphatic rings. The number of hydroxylamine groups is 1. The van der Waals surface area contributed by atoms with Crippen molar-refractivity contribution in [1.82, 2.24) is 9.79 Å². The van der Waals surface area contributed by atoms with E-state index in [1.165, 1.54) is 12.1 Å². The van der Waals surface area contributed by atoms with Gasteiger partial charge in [-0.05, 0) is 54.7 Å². The van der Waals surface area contributed by atoms with E-state index in [-0.39, 0.29) is 17.4 Å². The number of ether oxygens (including phenoxy) is 1. The molecule has 3 N–H and O–H groups in total. The van der Waals surface area contributed by atoms with Crippen LogP contribution in [0.4, 0.5) is 4.79 Å². The number of hydrogen-bond donors (Lipinski definition) is 3. The van der Waals surface area contributed by atoms with Crippen molar-refractivity contribution in [3.63, 3.8) is 0 Å². The van der Waals surface area contributed by atoms with E-state index in [0.29, 0.717) is 25.2 Å². The first-order valence-corrected chi connectivity index (χ1v) is 14.9. The molecule has 0 unspecified atom stereocenters. The molecule has 3 aromatic rings. The van der Waals surface area contributed by atoms with Gasteiger partial charge in [0.1, 0.15) is 12.4 Å². The van der Waals surface area contributed by atoms with Crippen molar-refractivity contribution in [2.75, 3.05) is 6.54 Å². The fourth-order valence-electron chi connectivity index (χ4n) is 4.69. The van der Waals surface area contributed by atoms with Gasteiger partial charge in [-0.1, -0.05) is 84.4 Å². The monoisotopic (exact) mass is 568 g/mol. The zero-order chi connectivity index (χ0) is 28.4. The highest BCUT2D eigenvalue weighted by Crippen LogP contribution is 2.26. The Morgan fingerprint density at radius 3 is 2.10 bits per heavy atom. The second kappa shape index (κ2) is 14.3. The van der Waals surface area contributed by atoms with Gasteiger partial charge in [-0.25, -0.2) is 13.2 Å². The number of nitrogens with zero attached hydrogens (tertiary/aromatic N) is 1. The summed E-state index contributed by atoms with van der Waals surface area (Å²) in [7, 11) is -4.19. The molecule has 0 aliphatic heterocycles. The van der Waals surface area contributed by atoms with Gasteiger partial charge < -0.3 is 20.3 Å². The fourth-order valence-corrected chi connectivity index (χ4v) is 5.99. The standard InChI is InChI=1S/C30H36N2O7S/c33-29(28(31-30(34)35)20-23-10-4-1-5-11-23)21-32(39-26-14-8-3-9-15-26)40(36,37)27-18-16-25(17-19-27)38-22-24-12-6-2-7-13-24/h1-2,4-7,10-13,16-19,26,28-29,31,33H,3,8-9,14-15,20-22H2,(H,34,35)/t28-,29-/m0/s1. The molecule has 3 aromatic carbocycles. The number of nitrogens with one attached hydrogen (secondary N) is 1. The van der Waals surface area contributed by atoms with E-state index < -0.39 is 34.8 Å². The van der Waals surface area contributed by atoms with E-state index in [1.807, 2.05) is 60.7 Å². The van der Waals surface area contributed by atoms with Crippen molar-refractivity contribution in [3.8, 4) is 5.75 Å². The summed E-state index contributed by atoms with van der Waals surface area (Å²) in [5, 5.41) is 22.8. The average molecular weight is 569 g/mol. The normalized spacial score (nSPS) is 15.8. The highest BCUT2D eigenvalue weighted by atomic mass is 32.2. The Labute approximate surface area is 235 Å². The summed E-state index contributed by atoms with van der Waals surface area (Å²) in [6.45, 7) is -0.0989. The van der Waals surface area contributed by atoms with Crippen LogP contribution in [0, 0.1) is 0 Å². The number of aliphatic hydroxyl groups is 1. The third-order valence-corrected chi connectivity index (χ3v) is 8.50. The van der Waals surface area contributed by atoms with Crippen LogP contribution in [0.3, 0.4) is 0 Å². The zero-order valence-electron chi connectivity index (χ0n) is 22.3. The van der Waals surface area contributed by atoms with E-state index in [4.69, 9.17) is 9.57 Å². The molecule has 0 bridgehead atoms. The number of rotatable bonds is 13. The average Bonchev–Trinajstić information content (AvgIpc) is 2.97. The van der Waals surface area contributed by atoms with Crippen molar-refractivity contribution in [2.45, 2.75) is 68.3 Å². The minimum absolute atomic E-state index is 0.0200. The zero-order valence-corrected chi connectivity index (χ0v) is 23.1. The molecular weight excluding hydrogens is 532 g/mol. The Morgan fingerprint density at radius 1 is 0.900 bits per heavy atom. The molecule has 1 amide bonds. The lowest BCUT2D eigenvalue weighted by Gasteiger charge is -2.32. The number of carboxylic acid groups (broad SMARTS) is 1. The van der Waals surface area contributed by atoms with Crippen molar-refractivity contribution < 1.29 is 33.0 Å². The molecule has 0 aromatic heterocycles. The third kappa shape index (κ3) is 8.53. The Bertz CT molecular complexity index is 1300. The number of benzene rings is 3. The molecule has 1 saturated carbocycles. The van der Waals surface area contributed by atoms with Crippen LogP contribution < -0.4 is 10.1 Å². The smallest absolute Gasteiger partial charge is 0.404 e. The first-order valence-electron chi connectivity index (χ1n) is 13.5. The van der Waals surface area contributed by atoms with Crippen molar-refractivity contribution >= 4 is 16.1 Å². The van der Waals surface area contributed by atoms with Crippen molar-refractivity contribution in [3.05, 3.63) is 96.1 Å². The number of amides is 1. The van der Waals surface area contributed by atoms with Gasteiger partial charge in [0.15, 0.2) is 0 Å². The molecule has 214 valence electrons. The van der Waals surface area contributed by atoms with E-state index in [9.17, 15) is 23.4 Å². The lowest BCUT2D eigenvalue weighted by Crippen LogP contribution is -2.50. The van der Waals surface area contributed by atoms with E-state index >= 15 is 0 Å². The number of aliphatic hydroxyl groups excluding tert-OH is 1. The van der Waals surface area contributed by atoms with Gasteiger partial charge in [-0.3, -0.25) is 4.84 Å². The summed E-state index contributed by atoms with van der Waals surface area (Å²) >= 11 is 0. The molecular formula is C30H36N2O7S. The van der Waals surface area contributed by atoms with Crippen LogP contribution in [0.2, 0.25) is 0 Å². The van der Waals surface area contributed by atoms with E-state index in [0.717, 1.165) is 34.9 Å². The molecule has 0 saturated heterocycles. The maximum Gasteiger partial charge on any atom is 0.404 e. The first kappa shape index (κ1) is 29.5. The molecule has 0 spiro atoms. The SMILES string of the molecule is O=C(O)N[C@@H](Cc1ccccc1)[C@@H](O)CN(OC1CCCCC1)S(=O)(=O)c1ccc(OCc2ccccc2)cc1. The van der Waals surface area contributed by atoms with Crippen molar-refractivity contribution in [2.24, 2.45) is 0 Å². The Balaban J connectivity index is 1.52. The molecule has 4 rings (SSSR count). The molecule has 1 fully saturated rings. The lowest BCUT2D eigenvalue weighted by molar-refractivity contribution is -0.156. The first-order chi connectivity index (χ1) is 19.3. The van der Waals surface area contributed by atoms with Gasteiger partial charge in [-0.2, -0.15) is 0 Å². The molecule has 0 heterocycles. The fraction of sp³-hybridized carbons (Fsp3) is 0.367. The predicted molar refractivity (Wildman–Crippen MR) is 150 cm³/mol. The number of hydrogen-bond acceptors (Lipinski definition) is 6. The van der Waals surface area contributed by atoms with E-state index in [1.54, 1.807) is 12.1 Å². The van der Waals surface area contributed by atoms with Gasteiger partial charge in [0.05, 0.1) is 29.7 Å². The maximum atomic E-state index is 13.7. The van der Waals surface area contributed by atoms with Gasteiger partial charge >= 0.3 is 6.09 Å². The van der Waals surface area contributed by atoms with Gasteiger partial charge in [0.2, 0.25) is 0 Å². The van der Waals surface area contributed by atoms with Crippen LogP contribution in [-0.2, 0) is 27.9 Å². The van der Waals surface area contributed by atoms with Gasteiger partial charge in [0.25, 0.3) is 10.0 Å². The quantitative estimate of drug-likeness (QED) is 0.254. The van der Waals surface area contributed by atoms with Gasteiger partial charge in [-0.15, -0.1) is 0 Å². The van der Waals surface area contributed by atoms with Crippen LogP contribution >= 0.6 is 0 Å². The lowest BCUT2D eigenvalue weighted by atomic mass is 9.98. The van der Waals surface area contributed by atoms with Gasteiger partial charge in [0, 0.05) is 0 Å². The Morgan fingerprint density at radius 2 is 1.50 bits per heavy atom. The topological polar surface area (TPSA) is 125 Å². The summed E-state index contributed by atoms with van der Waals surface area (Å²) < 4.78 is 34.1. The molecule has 0 radical (unpaired) electrons. The number of sulfonamides is 1. The number of carbonyl (C=O) groups is 1. The second-order valence-corrected chi connectivity index (χ2v) is 11.7. The second-order valence-electron chi connectivity index (χ2n) is 9.91. The molecule has 1 aliphatic carbocycles. The summed E-state index contributed by atoms with van der Waals surface area (Å²) in [6.07, 6.45) is 1.49. The minimum Gasteiger partial charge on any atom is -0.489 e. The van der Waals surface area contributed by atoms with Crippen LogP contribution in [0.25, 0.3) is 0 Å².